The molecule has 1 fully saturated rings. The molecule has 1 aliphatic heterocycles. The van der Waals surface area contributed by atoms with E-state index in [2.05, 4.69) is 17.3 Å². The first-order valence-corrected chi connectivity index (χ1v) is 7.14. The molecule has 1 atom stereocenters. The molecule has 0 saturated carbocycles. The molecule has 0 aromatic rings. The van der Waals surface area contributed by atoms with Crippen LogP contribution in [0.5, 0.6) is 0 Å². The molecular weight excluding hydrogens is 242 g/mol. The van der Waals surface area contributed by atoms with Crippen molar-refractivity contribution in [3.8, 4) is 0 Å². The molecule has 0 aromatic carbocycles. The number of ether oxygens (including phenoxy) is 1. The molecule has 112 valence electrons. The van der Waals surface area contributed by atoms with Gasteiger partial charge in [0.05, 0.1) is 0 Å². The van der Waals surface area contributed by atoms with Gasteiger partial charge in [-0.15, -0.1) is 0 Å². The summed E-state index contributed by atoms with van der Waals surface area (Å²) in [5.41, 5.74) is 5.65. The van der Waals surface area contributed by atoms with Crippen LogP contribution in [0.3, 0.4) is 0 Å². The van der Waals surface area contributed by atoms with Crippen LogP contribution < -0.4 is 11.1 Å². The van der Waals surface area contributed by atoms with Gasteiger partial charge in [-0.3, -0.25) is 9.69 Å². The topological polar surface area (TPSA) is 67.6 Å². The Labute approximate surface area is 116 Å². The zero-order valence-corrected chi connectivity index (χ0v) is 12.7. The van der Waals surface area contributed by atoms with Crippen LogP contribution in [-0.2, 0) is 9.53 Å². The van der Waals surface area contributed by atoms with Crippen molar-refractivity contribution in [3.63, 3.8) is 0 Å². The number of likely N-dealkylation sites (N-methyl/N-ethyl adjacent to an activating group) is 1. The SMILES string of the molecule is CN(C1CCOCC1)C(CN)CC(=O)NC(C)(C)C. The maximum atomic E-state index is 12.0. The van der Waals surface area contributed by atoms with Crippen LogP contribution in [0.1, 0.15) is 40.0 Å². The second-order valence-electron chi connectivity index (χ2n) is 6.40. The summed E-state index contributed by atoms with van der Waals surface area (Å²) in [4.78, 5) is 14.3. The normalized spacial score (nSPS) is 19.5. The lowest BCUT2D eigenvalue weighted by Gasteiger charge is -2.36. The van der Waals surface area contributed by atoms with Gasteiger partial charge in [0, 0.05) is 43.8 Å². The first kappa shape index (κ1) is 16.4. The predicted molar refractivity (Wildman–Crippen MR) is 77.0 cm³/mol. The van der Waals surface area contributed by atoms with E-state index in [-0.39, 0.29) is 17.5 Å². The van der Waals surface area contributed by atoms with Crippen LogP contribution in [0.2, 0.25) is 0 Å². The van der Waals surface area contributed by atoms with E-state index in [1.807, 2.05) is 20.8 Å². The molecule has 0 aliphatic carbocycles. The van der Waals surface area contributed by atoms with Gasteiger partial charge in [0.25, 0.3) is 0 Å². The van der Waals surface area contributed by atoms with E-state index in [9.17, 15) is 4.79 Å². The van der Waals surface area contributed by atoms with Crippen LogP contribution in [0.25, 0.3) is 0 Å². The number of nitrogens with one attached hydrogen (secondary N) is 1. The Morgan fingerprint density at radius 3 is 2.47 bits per heavy atom. The number of hydrogen-bond donors (Lipinski definition) is 2. The van der Waals surface area contributed by atoms with E-state index in [1.165, 1.54) is 0 Å². The molecule has 1 rings (SSSR count). The van der Waals surface area contributed by atoms with Gasteiger partial charge in [-0.2, -0.15) is 0 Å². The third-order valence-electron chi connectivity index (χ3n) is 3.55. The van der Waals surface area contributed by atoms with Crippen molar-refractivity contribution < 1.29 is 9.53 Å². The fraction of sp³-hybridized carbons (Fsp3) is 0.929. The number of carbonyl (C=O) groups is 1. The Hall–Kier alpha value is -0.650. The van der Waals surface area contributed by atoms with Gasteiger partial charge in [-0.1, -0.05) is 0 Å². The van der Waals surface area contributed by atoms with Crippen LogP contribution in [-0.4, -0.2) is 55.2 Å². The Bertz CT molecular complexity index is 283. The third kappa shape index (κ3) is 5.89. The van der Waals surface area contributed by atoms with Crippen LogP contribution in [0.4, 0.5) is 0 Å². The van der Waals surface area contributed by atoms with E-state index in [0.717, 1.165) is 26.1 Å². The van der Waals surface area contributed by atoms with Gasteiger partial charge in [-0.05, 0) is 40.7 Å². The number of amides is 1. The Kier molecular flexibility index (Phi) is 6.23. The maximum absolute atomic E-state index is 12.0. The number of nitrogens with two attached hydrogens (primary N) is 1. The molecule has 5 nitrogen and oxygen atoms in total. The van der Waals surface area contributed by atoms with Crippen molar-refractivity contribution in [1.82, 2.24) is 10.2 Å². The summed E-state index contributed by atoms with van der Waals surface area (Å²) in [5, 5.41) is 3.00. The highest BCUT2D eigenvalue weighted by Crippen LogP contribution is 2.16. The molecule has 1 amide bonds. The number of rotatable bonds is 5. The molecule has 3 N–H and O–H groups in total. The fourth-order valence-corrected chi connectivity index (χ4v) is 2.47. The van der Waals surface area contributed by atoms with Gasteiger partial charge >= 0.3 is 0 Å². The van der Waals surface area contributed by atoms with Crippen molar-refractivity contribution in [2.24, 2.45) is 5.73 Å². The summed E-state index contributed by atoms with van der Waals surface area (Å²) in [7, 11) is 2.07. The Morgan fingerprint density at radius 2 is 2.00 bits per heavy atom. The summed E-state index contributed by atoms with van der Waals surface area (Å²) < 4.78 is 5.37. The highest BCUT2D eigenvalue weighted by Gasteiger charge is 2.26. The molecule has 1 aliphatic rings. The van der Waals surface area contributed by atoms with E-state index in [1.54, 1.807) is 0 Å². The Morgan fingerprint density at radius 1 is 1.42 bits per heavy atom. The lowest BCUT2D eigenvalue weighted by molar-refractivity contribution is -0.123. The lowest BCUT2D eigenvalue weighted by atomic mass is 10.0. The lowest BCUT2D eigenvalue weighted by Crippen LogP contribution is -2.50. The minimum atomic E-state index is -0.187. The summed E-state index contributed by atoms with van der Waals surface area (Å²) in [6.07, 6.45) is 2.50. The monoisotopic (exact) mass is 271 g/mol. The summed E-state index contributed by atoms with van der Waals surface area (Å²) in [6.45, 7) is 8.09. The van der Waals surface area contributed by atoms with Crippen LogP contribution in [0.15, 0.2) is 0 Å². The molecule has 0 spiro atoms. The average molecular weight is 271 g/mol. The van der Waals surface area contributed by atoms with Gasteiger partial charge in [0.2, 0.25) is 5.91 Å². The summed E-state index contributed by atoms with van der Waals surface area (Å²) >= 11 is 0. The number of hydrogen-bond acceptors (Lipinski definition) is 4. The van der Waals surface area contributed by atoms with E-state index in [0.29, 0.717) is 19.0 Å². The van der Waals surface area contributed by atoms with Crippen LogP contribution >= 0.6 is 0 Å². The molecule has 1 unspecified atom stereocenters. The second kappa shape index (κ2) is 7.22. The van der Waals surface area contributed by atoms with Gasteiger partial charge in [-0.25, -0.2) is 0 Å². The summed E-state index contributed by atoms with van der Waals surface area (Å²) in [5.74, 6) is 0.0712. The van der Waals surface area contributed by atoms with Crippen LogP contribution in [0, 0.1) is 0 Å². The largest absolute Gasteiger partial charge is 0.381 e. The standard InChI is InChI=1S/C14H29N3O2/c1-14(2,3)16-13(18)9-12(10-15)17(4)11-5-7-19-8-6-11/h11-12H,5-10,15H2,1-4H3,(H,16,18). The molecule has 0 aromatic heterocycles. The average Bonchev–Trinajstić information content (AvgIpc) is 2.34. The maximum Gasteiger partial charge on any atom is 0.222 e. The molecule has 1 saturated heterocycles. The zero-order valence-electron chi connectivity index (χ0n) is 12.7. The minimum Gasteiger partial charge on any atom is -0.381 e. The van der Waals surface area contributed by atoms with Crippen molar-refractivity contribution in [2.75, 3.05) is 26.8 Å². The minimum absolute atomic E-state index is 0.0712. The number of carbonyl (C=O) groups excluding carboxylic acids is 1. The quantitative estimate of drug-likeness (QED) is 0.773. The zero-order chi connectivity index (χ0) is 14.5. The first-order valence-electron chi connectivity index (χ1n) is 7.14. The smallest absolute Gasteiger partial charge is 0.222 e. The van der Waals surface area contributed by atoms with Gasteiger partial charge in [0.15, 0.2) is 0 Å². The van der Waals surface area contributed by atoms with Gasteiger partial charge in [0.1, 0.15) is 0 Å². The summed E-state index contributed by atoms with van der Waals surface area (Å²) in [6, 6.07) is 0.579. The highest BCUT2D eigenvalue weighted by atomic mass is 16.5. The molecule has 19 heavy (non-hydrogen) atoms. The van der Waals surface area contributed by atoms with Crippen molar-refractivity contribution >= 4 is 5.91 Å². The fourth-order valence-electron chi connectivity index (χ4n) is 2.47. The van der Waals surface area contributed by atoms with Gasteiger partial charge < -0.3 is 15.8 Å². The first-order chi connectivity index (χ1) is 8.83. The second-order valence-corrected chi connectivity index (χ2v) is 6.40. The molecule has 0 bridgehead atoms. The molecular formula is C14H29N3O2. The van der Waals surface area contributed by atoms with E-state index in [4.69, 9.17) is 10.5 Å². The highest BCUT2D eigenvalue weighted by molar-refractivity contribution is 5.77. The van der Waals surface area contributed by atoms with Crippen molar-refractivity contribution in [3.05, 3.63) is 0 Å². The van der Waals surface area contributed by atoms with Crippen molar-refractivity contribution in [1.29, 1.82) is 0 Å². The Balaban J connectivity index is 2.49. The number of nitrogens with zero attached hydrogens (tertiary/aromatic N) is 1. The molecule has 0 radical (unpaired) electrons. The van der Waals surface area contributed by atoms with Crippen molar-refractivity contribution in [2.45, 2.75) is 57.7 Å². The van der Waals surface area contributed by atoms with E-state index < -0.39 is 0 Å². The third-order valence-corrected chi connectivity index (χ3v) is 3.55. The molecule has 5 heteroatoms. The van der Waals surface area contributed by atoms with E-state index >= 15 is 0 Å². The molecule has 1 heterocycles. The predicted octanol–water partition coefficient (Wildman–Crippen LogP) is 0.729.